The highest BCUT2D eigenvalue weighted by molar-refractivity contribution is 6.00. The van der Waals surface area contributed by atoms with E-state index in [2.05, 4.69) is 15.2 Å². The van der Waals surface area contributed by atoms with Crippen LogP contribution in [0.5, 0.6) is 0 Å². The van der Waals surface area contributed by atoms with E-state index in [0.29, 0.717) is 19.4 Å². The van der Waals surface area contributed by atoms with Gasteiger partial charge in [-0.25, -0.2) is 4.98 Å². The fourth-order valence-electron chi connectivity index (χ4n) is 3.26. The average Bonchev–Trinajstić information content (AvgIpc) is 2.95. The Labute approximate surface area is 133 Å². The topological polar surface area (TPSA) is 99.6 Å². The molecule has 7 nitrogen and oxygen atoms in total. The maximum Gasteiger partial charge on any atom is 0.303 e. The van der Waals surface area contributed by atoms with Gasteiger partial charge in [0, 0.05) is 32.1 Å². The van der Waals surface area contributed by atoms with E-state index in [1.165, 1.54) is 0 Å². The van der Waals surface area contributed by atoms with Gasteiger partial charge in [-0.2, -0.15) is 0 Å². The van der Waals surface area contributed by atoms with Crippen molar-refractivity contribution in [3.63, 3.8) is 0 Å². The van der Waals surface area contributed by atoms with Gasteiger partial charge in [0.15, 0.2) is 0 Å². The molecule has 2 atom stereocenters. The lowest BCUT2D eigenvalue weighted by molar-refractivity contribution is -0.138. The largest absolute Gasteiger partial charge is 0.481 e. The molecule has 0 bridgehead atoms. The molecule has 1 aromatic heterocycles. The molecule has 0 spiro atoms. The van der Waals surface area contributed by atoms with Crippen LogP contribution in [-0.2, 0) is 14.4 Å². The number of hydrogen-bond acceptors (Lipinski definition) is 5. The van der Waals surface area contributed by atoms with Crippen molar-refractivity contribution in [2.75, 3.05) is 18.0 Å². The van der Waals surface area contributed by atoms with Crippen LogP contribution < -0.4 is 10.2 Å². The molecule has 122 valence electrons. The predicted molar refractivity (Wildman–Crippen MR) is 81.9 cm³/mol. The first-order chi connectivity index (χ1) is 11.0. The Bertz CT molecular complexity index is 629. The summed E-state index contributed by atoms with van der Waals surface area (Å²) in [5.41, 5.74) is 0.806. The van der Waals surface area contributed by atoms with Gasteiger partial charge in [-0.3, -0.25) is 19.7 Å². The number of aliphatic carboxylic acids is 1. The minimum atomic E-state index is -0.766. The van der Waals surface area contributed by atoms with Crippen molar-refractivity contribution in [1.29, 1.82) is 0 Å². The first-order valence-electron chi connectivity index (χ1n) is 7.79. The van der Waals surface area contributed by atoms with Crippen LogP contribution in [0.1, 0.15) is 37.2 Å². The summed E-state index contributed by atoms with van der Waals surface area (Å²) >= 11 is 0. The number of carbonyl (C=O) groups excluding carboxylic acids is 2. The minimum absolute atomic E-state index is 0.157. The molecule has 1 aromatic rings. The lowest BCUT2D eigenvalue weighted by atomic mass is 9.92. The number of amides is 2. The third-order valence-electron chi connectivity index (χ3n) is 4.49. The van der Waals surface area contributed by atoms with E-state index in [1.807, 2.05) is 12.1 Å². The van der Waals surface area contributed by atoms with Gasteiger partial charge in [-0.05, 0) is 30.4 Å². The number of hydrogen-bond donors (Lipinski definition) is 2. The van der Waals surface area contributed by atoms with E-state index in [4.69, 9.17) is 5.11 Å². The maximum atomic E-state index is 11.9. The Balaban J connectivity index is 1.65. The van der Waals surface area contributed by atoms with Crippen LogP contribution in [0, 0.1) is 5.92 Å². The number of rotatable bonds is 4. The number of carboxylic acids is 1. The number of pyridine rings is 1. The summed E-state index contributed by atoms with van der Waals surface area (Å²) in [5.74, 6) is -0.625. The third-order valence-corrected chi connectivity index (χ3v) is 4.49. The van der Waals surface area contributed by atoms with Gasteiger partial charge in [0.25, 0.3) is 0 Å². The third kappa shape index (κ3) is 3.49. The number of anilines is 1. The summed E-state index contributed by atoms with van der Waals surface area (Å²) in [7, 11) is 0. The van der Waals surface area contributed by atoms with Crippen molar-refractivity contribution in [3.05, 3.63) is 23.9 Å². The first kappa shape index (κ1) is 15.5. The molecule has 2 fully saturated rings. The van der Waals surface area contributed by atoms with Gasteiger partial charge in [-0.15, -0.1) is 0 Å². The zero-order chi connectivity index (χ0) is 16.4. The van der Waals surface area contributed by atoms with Crippen LogP contribution in [0.3, 0.4) is 0 Å². The highest BCUT2D eigenvalue weighted by Gasteiger charge is 2.29. The second-order valence-electron chi connectivity index (χ2n) is 6.15. The van der Waals surface area contributed by atoms with Gasteiger partial charge in [0.05, 0.1) is 5.92 Å². The van der Waals surface area contributed by atoms with Gasteiger partial charge in [-0.1, -0.05) is 6.07 Å². The number of nitrogens with one attached hydrogen (secondary N) is 1. The second kappa shape index (κ2) is 6.36. The number of aromatic nitrogens is 1. The van der Waals surface area contributed by atoms with Crippen LogP contribution in [0.4, 0.5) is 5.82 Å². The monoisotopic (exact) mass is 317 g/mol. The van der Waals surface area contributed by atoms with Crippen molar-refractivity contribution in [2.45, 2.75) is 31.6 Å². The van der Waals surface area contributed by atoms with Crippen LogP contribution in [0.15, 0.2) is 18.3 Å². The lowest BCUT2D eigenvalue weighted by Crippen LogP contribution is -2.39. The van der Waals surface area contributed by atoms with Crippen molar-refractivity contribution >= 4 is 23.6 Å². The smallest absolute Gasteiger partial charge is 0.303 e. The predicted octanol–water partition coefficient (Wildman–Crippen LogP) is 0.903. The summed E-state index contributed by atoms with van der Waals surface area (Å²) in [5, 5.41) is 11.2. The highest BCUT2D eigenvalue weighted by Crippen LogP contribution is 2.28. The zero-order valence-corrected chi connectivity index (χ0v) is 12.7. The summed E-state index contributed by atoms with van der Waals surface area (Å²) in [6.45, 7) is 1.49. The molecule has 2 aliphatic rings. The molecule has 2 saturated heterocycles. The summed E-state index contributed by atoms with van der Waals surface area (Å²) in [4.78, 5) is 40.3. The van der Waals surface area contributed by atoms with Crippen molar-refractivity contribution in [1.82, 2.24) is 10.3 Å². The molecule has 0 radical (unpaired) electrons. The molecular weight excluding hydrogens is 298 g/mol. The lowest BCUT2D eigenvalue weighted by Gasteiger charge is -2.22. The molecular formula is C16H19N3O4. The molecule has 0 aromatic carbocycles. The molecule has 23 heavy (non-hydrogen) atoms. The number of imide groups is 1. The van der Waals surface area contributed by atoms with Crippen LogP contribution in [0.2, 0.25) is 0 Å². The van der Waals surface area contributed by atoms with E-state index < -0.39 is 5.97 Å². The normalized spacial score (nSPS) is 24.6. The number of nitrogens with zero attached hydrogens (tertiary/aromatic N) is 2. The van der Waals surface area contributed by atoms with Crippen LogP contribution >= 0.6 is 0 Å². The van der Waals surface area contributed by atoms with E-state index in [-0.39, 0.29) is 30.1 Å². The van der Waals surface area contributed by atoms with E-state index in [0.717, 1.165) is 24.3 Å². The van der Waals surface area contributed by atoms with Crippen molar-refractivity contribution in [3.8, 4) is 0 Å². The van der Waals surface area contributed by atoms with E-state index in [1.54, 1.807) is 6.20 Å². The molecule has 3 rings (SSSR count). The van der Waals surface area contributed by atoms with Gasteiger partial charge in [0.1, 0.15) is 5.82 Å². The van der Waals surface area contributed by atoms with Gasteiger partial charge in [0.2, 0.25) is 11.8 Å². The highest BCUT2D eigenvalue weighted by atomic mass is 16.4. The number of carbonyl (C=O) groups is 3. The van der Waals surface area contributed by atoms with Gasteiger partial charge < -0.3 is 10.0 Å². The number of piperidine rings is 1. The maximum absolute atomic E-state index is 11.9. The van der Waals surface area contributed by atoms with Crippen LogP contribution in [-0.4, -0.2) is 41.0 Å². The molecule has 2 amide bonds. The van der Waals surface area contributed by atoms with Crippen LogP contribution in [0.25, 0.3) is 0 Å². The standard InChI is InChI=1S/C16H19N3O4/c20-14-4-2-12(16(23)18-14)11-1-3-13(17-8-11)19-6-5-10(9-19)7-15(21)22/h1,3,8,10,12H,2,4-7,9H2,(H,21,22)(H,18,20,23)/t10-,12-/m1/s1. The second-order valence-corrected chi connectivity index (χ2v) is 6.15. The molecule has 7 heteroatoms. The fourth-order valence-corrected chi connectivity index (χ4v) is 3.26. The first-order valence-corrected chi connectivity index (χ1v) is 7.79. The molecule has 3 heterocycles. The molecule has 2 N–H and O–H groups in total. The Morgan fingerprint density at radius 3 is 2.83 bits per heavy atom. The van der Waals surface area contributed by atoms with E-state index in [9.17, 15) is 14.4 Å². The Morgan fingerprint density at radius 2 is 2.17 bits per heavy atom. The molecule has 0 unspecified atom stereocenters. The quantitative estimate of drug-likeness (QED) is 0.801. The Hall–Kier alpha value is -2.44. The zero-order valence-electron chi connectivity index (χ0n) is 12.7. The summed E-state index contributed by atoms with van der Waals surface area (Å²) < 4.78 is 0. The minimum Gasteiger partial charge on any atom is -0.481 e. The summed E-state index contributed by atoms with van der Waals surface area (Å²) in [6.07, 6.45) is 3.57. The Kier molecular flexibility index (Phi) is 4.27. The molecule has 0 saturated carbocycles. The SMILES string of the molecule is O=C(O)C[C@H]1CCN(c2ccc([C@H]3CCC(=O)NC3=O)cn2)C1. The van der Waals surface area contributed by atoms with Crippen molar-refractivity contribution in [2.24, 2.45) is 5.92 Å². The van der Waals surface area contributed by atoms with Crippen molar-refractivity contribution < 1.29 is 19.5 Å². The average molecular weight is 317 g/mol. The Morgan fingerprint density at radius 1 is 1.35 bits per heavy atom. The number of carboxylic acid groups (broad SMARTS) is 1. The molecule has 2 aliphatic heterocycles. The fraction of sp³-hybridized carbons (Fsp3) is 0.500. The van der Waals surface area contributed by atoms with E-state index >= 15 is 0 Å². The molecule has 0 aliphatic carbocycles. The summed E-state index contributed by atoms with van der Waals surface area (Å²) in [6, 6.07) is 3.73. The van der Waals surface area contributed by atoms with Gasteiger partial charge >= 0.3 is 5.97 Å².